The number of ether oxygens (including phenoxy) is 1. The van der Waals surface area contributed by atoms with Gasteiger partial charge < -0.3 is 20.6 Å². The quantitative estimate of drug-likeness (QED) is 0.208. The highest BCUT2D eigenvalue weighted by molar-refractivity contribution is 5.97. The van der Waals surface area contributed by atoms with Crippen LogP contribution in [0.25, 0.3) is 11.1 Å². The molecular weight excluding hydrogens is 488 g/mol. The third kappa shape index (κ3) is 3.99. The fourth-order valence-corrected chi connectivity index (χ4v) is 5.13. The lowest BCUT2D eigenvalue weighted by Gasteiger charge is -2.18. The van der Waals surface area contributed by atoms with E-state index in [-0.39, 0.29) is 36.3 Å². The second-order valence-corrected chi connectivity index (χ2v) is 9.21. The van der Waals surface area contributed by atoms with Gasteiger partial charge in [0, 0.05) is 28.8 Å². The van der Waals surface area contributed by atoms with Gasteiger partial charge in [-0.3, -0.25) is 4.79 Å². The van der Waals surface area contributed by atoms with Crippen molar-refractivity contribution < 1.29 is 23.1 Å². The third-order valence-corrected chi connectivity index (χ3v) is 7.00. The summed E-state index contributed by atoms with van der Waals surface area (Å²) in [6.07, 6.45) is -0.563. The summed E-state index contributed by atoms with van der Waals surface area (Å²) in [6.45, 7) is 0.000738. The minimum atomic E-state index is -0.515. The van der Waals surface area contributed by atoms with E-state index in [0.717, 1.165) is 27.8 Å². The van der Waals surface area contributed by atoms with Gasteiger partial charge in [0.05, 0.1) is 0 Å². The van der Waals surface area contributed by atoms with Gasteiger partial charge in [0.2, 0.25) is 0 Å². The van der Waals surface area contributed by atoms with E-state index in [9.17, 15) is 13.6 Å². The molecule has 6 rings (SSSR count). The number of nitrogens with two attached hydrogens (primary N) is 1. The van der Waals surface area contributed by atoms with Gasteiger partial charge >= 0.3 is 0 Å². The zero-order valence-electron chi connectivity index (χ0n) is 20.4. The van der Waals surface area contributed by atoms with Gasteiger partial charge in [-0.05, 0) is 58.1 Å². The summed E-state index contributed by atoms with van der Waals surface area (Å²) in [5.74, 6) is -1.08. The average Bonchev–Trinajstić information content (AvgIpc) is 3.49. The van der Waals surface area contributed by atoms with Crippen LogP contribution < -0.4 is 11.1 Å². The number of hydrogen-bond donors (Lipinski definition) is 2. The van der Waals surface area contributed by atoms with E-state index in [0.29, 0.717) is 22.3 Å². The first-order valence-corrected chi connectivity index (χ1v) is 12.1. The predicted octanol–water partition coefficient (Wildman–Crippen LogP) is 5.35. The van der Waals surface area contributed by atoms with Crippen molar-refractivity contribution in [1.82, 2.24) is 5.32 Å². The predicted molar refractivity (Wildman–Crippen MR) is 138 cm³/mol. The number of amidine groups is 1. The van der Waals surface area contributed by atoms with E-state index in [1.54, 1.807) is 36.4 Å². The molecule has 2 heterocycles. The monoisotopic (exact) mass is 511 g/mol. The van der Waals surface area contributed by atoms with Crippen molar-refractivity contribution in [3.05, 3.63) is 129 Å². The molecular formula is C30H23F2N3O3. The molecule has 4 aromatic rings. The maximum Gasteiger partial charge on any atom is 0.251 e. The number of nitrogens with zero attached hydrogens (tertiary/aromatic N) is 1. The van der Waals surface area contributed by atoms with Crippen molar-refractivity contribution in [2.75, 3.05) is 7.11 Å². The summed E-state index contributed by atoms with van der Waals surface area (Å²) in [5, 5.41) is 6.37. The number of rotatable bonds is 6. The Bertz CT molecular complexity index is 1620. The zero-order chi connectivity index (χ0) is 26.4. The molecule has 0 aromatic heterocycles. The van der Waals surface area contributed by atoms with Crippen molar-refractivity contribution in [2.45, 2.75) is 18.8 Å². The highest BCUT2D eigenvalue weighted by atomic mass is 19.1. The number of benzene rings is 4. The Labute approximate surface area is 217 Å². The van der Waals surface area contributed by atoms with Crippen LogP contribution in [0.2, 0.25) is 0 Å². The molecule has 6 nitrogen and oxygen atoms in total. The van der Waals surface area contributed by atoms with Gasteiger partial charge in [-0.25, -0.2) is 8.78 Å². The maximum atomic E-state index is 14.6. The number of halogens is 2. The summed E-state index contributed by atoms with van der Waals surface area (Å²) in [5.41, 5.74) is 12.1. The molecule has 2 atom stereocenters. The smallest absolute Gasteiger partial charge is 0.251 e. The largest absolute Gasteiger partial charge is 0.397 e. The van der Waals surface area contributed by atoms with E-state index in [1.807, 2.05) is 30.3 Å². The average molecular weight is 512 g/mol. The van der Waals surface area contributed by atoms with Crippen molar-refractivity contribution in [2.24, 2.45) is 10.9 Å². The van der Waals surface area contributed by atoms with Crippen LogP contribution >= 0.6 is 0 Å². The number of fused-ring (bicyclic) bond motifs is 8. The lowest BCUT2D eigenvalue weighted by molar-refractivity contribution is 0.0857. The number of amides is 1. The van der Waals surface area contributed by atoms with E-state index in [4.69, 9.17) is 10.5 Å². The Morgan fingerprint density at radius 1 is 0.895 bits per heavy atom. The Balaban J connectivity index is 1.21. The molecule has 0 aliphatic carbocycles. The molecule has 0 saturated carbocycles. The van der Waals surface area contributed by atoms with Crippen LogP contribution in [-0.4, -0.2) is 18.9 Å². The minimum absolute atomic E-state index is 0.000738. The lowest BCUT2D eigenvalue weighted by Crippen LogP contribution is -2.24. The number of oxime groups is 1. The number of nitrogens with one attached hydrogen (secondary N) is 1. The molecule has 0 saturated heterocycles. The Morgan fingerprint density at radius 3 is 2.37 bits per heavy atom. The molecule has 4 aromatic carbocycles. The molecule has 38 heavy (non-hydrogen) atoms. The highest BCUT2D eigenvalue weighted by Gasteiger charge is 2.43. The van der Waals surface area contributed by atoms with E-state index in [2.05, 4.69) is 15.3 Å². The molecule has 2 aliphatic rings. The topological polar surface area (TPSA) is 85.9 Å². The summed E-state index contributed by atoms with van der Waals surface area (Å²) in [7, 11) is 1.35. The van der Waals surface area contributed by atoms with Crippen LogP contribution in [-0.2, 0) is 16.1 Å². The number of carbonyl (C=O) groups excluding carboxylic acids is 1. The standard InChI is InChI=1S/C30H23F2N3O3/c1-37-35-29(33)17-6-7-19(26(32)14-17)15-34-30(36)18-9-11-22-24(13-18)28-23-12-16(8-10-21(23)27(22)38-28)20-4-2-3-5-25(20)31/h2-14,27-28H,15H2,1H3,(H2,33,35)(H,34,36)/t27-,28+/m0/s1. The highest BCUT2D eigenvalue weighted by Crippen LogP contribution is 2.54. The second-order valence-electron chi connectivity index (χ2n) is 9.21. The van der Waals surface area contributed by atoms with Crippen LogP contribution in [0, 0.1) is 11.6 Å². The molecule has 8 heteroatoms. The van der Waals surface area contributed by atoms with E-state index in [1.165, 1.54) is 19.2 Å². The van der Waals surface area contributed by atoms with Crippen LogP contribution in [0.15, 0.2) is 84.0 Å². The number of carbonyl (C=O) groups is 1. The first kappa shape index (κ1) is 23.8. The molecule has 0 radical (unpaired) electrons. The first-order chi connectivity index (χ1) is 18.4. The summed E-state index contributed by atoms with van der Waals surface area (Å²) in [6, 6.07) is 22.4. The van der Waals surface area contributed by atoms with Crippen LogP contribution in [0.3, 0.4) is 0 Å². The Hall–Kier alpha value is -4.56. The fourth-order valence-electron chi connectivity index (χ4n) is 5.13. The van der Waals surface area contributed by atoms with Gasteiger partial charge in [-0.2, -0.15) is 0 Å². The summed E-state index contributed by atoms with van der Waals surface area (Å²) < 4.78 is 35.2. The van der Waals surface area contributed by atoms with Crippen molar-refractivity contribution >= 4 is 11.7 Å². The minimum Gasteiger partial charge on any atom is -0.397 e. The van der Waals surface area contributed by atoms with Crippen molar-refractivity contribution in [1.29, 1.82) is 0 Å². The molecule has 0 unspecified atom stereocenters. The zero-order valence-corrected chi connectivity index (χ0v) is 20.4. The Morgan fingerprint density at radius 2 is 1.61 bits per heavy atom. The number of hydrogen-bond acceptors (Lipinski definition) is 4. The van der Waals surface area contributed by atoms with E-state index < -0.39 is 5.82 Å². The van der Waals surface area contributed by atoms with Gasteiger partial charge in [0.15, 0.2) is 5.84 Å². The van der Waals surface area contributed by atoms with Crippen LogP contribution in [0.1, 0.15) is 55.9 Å². The van der Waals surface area contributed by atoms with Crippen molar-refractivity contribution in [3.63, 3.8) is 0 Å². The SMILES string of the molecule is CON=C(N)c1ccc(CNC(=O)c2ccc3c(c2)[C@@H]2O[C@H]3c3ccc(-c4ccccc4F)cc32)c(F)c1. The molecule has 2 aliphatic heterocycles. The van der Waals surface area contributed by atoms with Crippen LogP contribution in [0.4, 0.5) is 8.78 Å². The van der Waals surface area contributed by atoms with E-state index >= 15 is 0 Å². The fraction of sp³-hybridized carbons (Fsp3) is 0.133. The maximum absolute atomic E-state index is 14.6. The van der Waals surface area contributed by atoms with Gasteiger partial charge in [-0.15, -0.1) is 0 Å². The molecule has 2 bridgehead atoms. The van der Waals surface area contributed by atoms with Gasteiger partial charge in [0.25, 0.3) is 5.91 Å². The molecule has 0 spiro atoms. The summed E-state index contributed by atoms with van der Waals surface area (Å²) in [4.78, 5) is 17.6. The molecule has 190 valence electrons. The second kappa shape index (κ2) is 9.39. The van der Waals surface area contributed by atoms with Gasteiger partial charge in [-0.1, -0.05) is 53.7 Å². The Kier molecular flexibility index (Phi) is 5.88. The molecule has 1 amide bonds. The normalized spacial score (nSPS) is 17.2. The summed E-state index contributed by atoms with van der Waals surface area (Å²) >= 11 is 0. The van der Waals surface area contributed by atoms with Crippen LogP contribution in [0.5, 0.6) is 0 Å². The first-order valence-electron chi connectivity index (χ1n) is 12.1. The molecule has 0 fully saturated rings. The molecule has 3 N–H and O–H groups in total. The lowest BCUT2D eigenvalue weighted by atomic mass is 9.83. The van der Waals surface area contributed by atoms with Gasteiger partial charge in [0.1, 0.15) is 31.0 Å². The van der Waals surface area contributed by atoms with Crippen molar-refractivity contribution in [3.8, 4) is 11.1 Å². The third-order valence-electron chi connectivity index (χ3n) is 7.00.